The summed E-state index contributed by atoms with van der Waals surface area (Å²) in [6, 6.07) is 6.34. The van der Waals surface area contributed by atoms with E-state index in [1.54, 1.807) is 4.90 Å². The number of rotatable bonds is 3. The highest BCUT2D eigenvalue weighted by molar-refractivity contribution is 5.72. The lowest BCUT2D eigenvalue weighted by molar-refractivity contribution is 0.173. The third-order valence-corrected chi connectivity index (χ3v) is 4.19. The number of urea groups is 1. The molecular formula is C15H21N3O3. The molecule has 0 spiro atoms. The minimum absolute atomic E-state index is 0.227. The van der Waals surface area contributed by atoms with E-state index in [1.807, 2.05) is 12.1 Å². The molecule has 1 aromatic rings. The van der Waals surface area contributed by atoms with Gasteiger partial charge in [0.15, 0.2) is 11.5 Å². The van der Waals surface area contributed by atoms with E-state index in [-0.39, 0.29) is 12.1 Å². The fourth-order valence-corrected chi connectivity index (χ4v) is 2.90. The maximum atomic E-state index is 11.1. The van der Waals surface area contributed by atoms with Crippen LogP contribution in [0.15, 0.2) is 18.2 Å². The predicted molar refractivity (Wildman–Crippen MR) is 78.3 cm³/mol. The molecule has 0 radical (unpaired) electrons. The molecule has 1 fully saturated rings. The van der Waals surface area contributed by atoms with Crippen LogP contribution in [0.1, 0.15) is 31.4 Å². The Morgan fingerprint density at radius 2 is 2.05 bits per heavy atom. The fourth-order valence-electron chi connectivity index (χ4n) is 2.90. The summed E-state index contributed by atoms with van der Waals surface area (Å²) in [7, 11) is 0. The normalized spacial score (nSPS) is 19.6. The molecule has 2 aliphatic heterocycles. The molecular weight excluding hydrogens is 270 g/mol. The molecule has 21 heavy (non-hydrogen) atoms. The molecule has 0 bridgehead atoms. The molecule has 2 heterocycles. The highest BCUT2D eigenvalue weighted by atomic mass is 16.7. The number of hydrogen-bond acceptors (Lipinski definition) is 4. The van der Waals surface area contributed by atoms with Crippen molar-refractivity contribution in [1.82, 2.24) is 10.2 Å². The van der Waals surface area contributed by atoms with Crippen LogP contribution in [-0.4, -0.2) is 36.9 Å². The second kappa shape index (κ2) is 5.81. The first kappa shape index (κ1) is 14.0. The molecule has 2 aliphatic rings. The van der Waals surface area contributed by atoms with Crippen LogP contribution < -0.4 is 20.5 Å². The highest BCUT2D eigenvalue weighted by Crippen LogP contribution is 2.34. The average Bonchev–Trinajstić information content (AvgIpc) is 2.95. The molecule has 2 amide bonds. The van der Waals surface area contributed by atoms with Gasteiger partial charge in [-0.3, -0.25) is 0 Å². The maximum absolute atomic E-state index is 11.1. The van der Waals surface area contributed by atoms with Gasteiger partial charge in [0.2, 0.25) is 6.79 Å². The van der Waals surface area contributed by atoms with Crippen LogP contribution in [0.25, 0.3) is 0 Å². The Bertz CT molecular complexity index is 527. The minimum atomic E-state index is -0.322. The van der Waals surface area contributed by atoms with Crippen molar-refractivity contribution < 1.29 is 14.3 Å². The van der Waals surface area contributed by atoms with Gasteiger partial charge in [-0.2, -0.15) is 0 Å². The Morgan fingerprint density at radius 3 is 2.76 bits per heavy atom. The van der Waals surface area contributed by atoms with E-state index in [2.05, 4.69) is 18.3 Å². The average molecular weight is 291 g/mol. The van der Waals surface area contributed by atoms with E-state index >= 15 is 0 Å². The number of amides is 2. The number of benzene rings is 1. The molecule has 3 rings (SSSR count). The van der Waals surface area contributed by atoms with Crippen LogP contribution in [0.4, 0.5) is 4.79 Å². The Balaban J connectivity index is 1.57. The first-order valence-electron chi connectivity index (χ1n) is 7.33. The van der Waals surface area contributed by atoms with Crippen molar-refractivity contribution in [2.24, 2.45) is 5.73 Å². The molecule has 114 valence electrons. The van der Waals surface area contributed by atoms with E-state index in [9.17, 15) is 4.79 Å². The van der Waals surface area contributed by atoms with Gasteiger partial charge in [-0.15, -0.1) is 0 Å². The highest BCUT2D eigenvalue weighted by Gasteiger charge is 2.23. The standard InChI is InChI=1S/C15H21N3O3/c1-10(11-2-3-13-14(8-11)21-9-20-13)17-12-4-6-18(7-5-12)15(16)19/h2-3,8,10,12,17H,4-7,9H2,1H3,(H2,16,19)/t10-/m0/s1. The smallest absolute Gasteiger partial charge is 0.314 e. The lowest BCUT2D eigenvalue weighted by Gasteiger charge is -2.33. The topological polar surface area (TPSA) is 76.8 Å². The Kier molecular flexibility index (Phi) is 3.88. The number of carbonyl (C=O) groups excluding carboxylic acids is 1. The van der Waals surface area contributed by atoms with Crippen molar-refractivity contribution in [1.29, 1.82) is 0 Å². The number of ether oxygens (including phenoxy) is 2. The summed E-state index contributed by atoms with van der Waals surface area (Å²) in [5, 5.41) is 3.61. The Morgan fingerprint density at radius 1 is 1.33 bits per heavy atom. The van der Waals surface area contributed by atoms with Crippen LogP contribution in [-0.2, 0) is 0 Å². The van der Waals surface area contributed by atoms with Crippen molar-refractivity contribution in [2.75, 3.05) is 19.9 Å². The van der Waals surface area contributed by atoms with E-state index < -0.39 is 0 Å². The Labute approximate surface area is 124 Å². The third-order valence-electron chi connectivity index (χ3n) is 4.19. The van der Waals surface area contributed by atoms with Gasteiger partial charge in [0, 0.05) is 25.2 Å². The van der Waals surface area contributed by atoms with Crippen molar-refractivity contribution in [3.8, 4) is 11.5 Å². The number of nitrogens with zero attached hydrogens (tertiary/aromatic N) is 1. The molecule has 6 heteroatoms. The number of fused-ring (bicyclic) bond motifs is 1. The van der Waals surface area contributed by atoms with Crippen molar-refractivity contribution in [3.05, 3.63) is 23.8 Å². The summed E-state index contributed by atoms with van der Waals surface area (Å²) in [5.41, 5.74) is 6.48. The number of nitrogens with one attached hydrogen (secondary N) is 1. The largest absolute Gasteiger partial charge is 0.454 e. The summed E-state index contributed by atoms with van der Waals surface area (Å²) in [5.74, 6) is 1.62. The van der Waals surface area contributed by atoms with Crippen molar-refractivity contribution in [3.63, 3.8) is 0 Å². The van der Waals surface area contributed by atoms with Gasteiger partial charge in [0.25, 0.3) is 0 Å². The molecule has 0 saturated carbocycles. The van der Waals surface area contributed by atoms with Gasteiger partial charge in [-0.1, -0.05) is 6.07 Å². The van der Waals surface area contributed by atoms with E-state index in [0.717, 1.165) is 37.4 Å². The molecule has 1 atom stereocenters. The number of carbonyl (C=O) groups is 1. The zero-order valence-corrected chi connectivity index (χ0v) is 12.2. The summed E-state index contributed by atoms with van der Waals surface area (Å²) < 4.78 is 10.7. The minimum Gasteiger partial charge on any atom is -0.454 e. The Hall–Kier alpha value is -1.95. The maximum Gasteiger partial charge on any atom is 0.314 e. The summed E-state index contributed by atoms with van der Waals surface area (Å²) in [4.78, 5) is 12.8. The first-order chi connectivity index (χ1) is 10.1. The van der Waals surface area contributed by atoms with Gasteiger partial charge in [0.05, 0.1) is 0 Å². The number of piperidine rings is 1. The molecule has 3 N–H and O–H groups in total. The van der Waals surface area contributed by atoms with Crippen LogP contribution in [0.5, 0.6) is 11.5 Å². The van der Waals surface area contributed by atoms with Gasteiger partial charge < -0.3 is 25.4 Å². The van der Waals surface area contributed by atoms with Gasteiger partial charge >= 0.3 is 6.03 Å². The van der Waals surface area contributed by atoms with Crippen LogP contribution in [0.3, 0.4) is 0 Å². The van der Waals surface area contributed by atoms with E-state index in [1.165, 1.54) is 5.56 Å². The number of likely N-dealkylation sites (tertiary alicyclic amines) is 1. The fraction of sp³-hybridized carbons (Fsp3) is 0.533. The second-order valence-electron chi connectivity index (χ2n) is 5.60. The van der Waals surface area contributed by atoms with Gasteiger partial charge in [-0.05, 0) is 37.5 Å². The van der Waals surface area contributed by atoms with Crippen molar-refractivity contribution >= 4 is 6.03 Å². The summed E-state index contributed by atoms with van der Waals surface area (Å²) >= 11 is 0. The van der Waals surface area contributed by atoms with Crippen LogP contribution >= 0.6 is 0 Å². The summed E-state index contributed by atoms with van der Waals surface area (Å²) in [6.07, 6.45) is 1.86. The lowest BCUT2D eigenvalue weighted by atomic mass is 10.0. The lowest BCUT2D eigenvalue weighted by Crippen LogP contribution is -2.47. The molecule has 1 aromatic carbocycles. The van der Waals surface area contributed by atoms with Crippen LogP contribution in [0.2, 0.25) is 0 Å². The zero-order chi connectivity index (χ0) is 14.8. The molecule has 0 aromatic heterocycles. The first-order valence-corrected chi connectivity index (χ1v) is 7.33. The van der Waals surface area contributed by atoms with Gasteiger partial charge in [0.1, 0.15) is 0 Å². The SMILES string of the molecule is C[C@H](NC1CCN(C(N)=O)CC1)c1ccc2c(c1)OCO2. The monoisotopic (exact) mass is 291 g/mol. The molecule has 6 nitrogen and oxygen atoms in total. The number of hydrogen-bond donors (Lipinski definition) is 2. The second-order valence-corrected chi connectivity index (χ2v) is 5.60. The molecule has 0 unspecified atom stereocenters. The third kappa shape index (κ3) is 3.05. The van der Waals surface area contributed by atoms with Gasteiger partial charge in [-0.25, -0.2) is 4.79 Å². The van der Waals surface area contributed by atoms with E-state index in [4.69, 9.17) is 15.2 Å². The van der Waals surface area contributed by atoms with Crippen LogP contribution in [0, 0.1) is 0 Å². The molecule has 0 aliphatic carbocycles. The quantitative estimate of drug-likeness (QED) is 0.887. The zero-order valence-electron chi connectivity index (χ0n) is 12.2. The predicted octanol–water partition coefficient (Wildman–Crippen LogP) is 1.61. The molecule has 1 saturated heterocycles. The number of primary amides is 1. The summed E-state index contributed by atoms with van der Waals surface area (Å²) in [6.45, 7) is 3.88. The van der Waals surface area contributed by atoms with E-state index in [0.29, 0.717) is 12.8 Å². The van der Waals surface area contributed by atoms with Crippen molar-refractivity contribution in [2.45, 2.75) is 31.8 Å². The number of nitrogens with two attached hydrogens (primary N) is 1.